The van der Waals surface area contributed by atoms with Gasteiger partial charge in [-0.05, 0) is 92.5 Å². The van der Waals surface area contributed by atoms with E-state index in [1.807, 2.05) is 48.5 Å². The van der Waals surface area contributed by atoms with Gasteiger partial charge in [-0.15, -0.1) is 0 Å². The first-order valence-electron chi connectivity index (χ1n) is 24.0. The highest BCUT2D eigenvalue weighted by Crippen LogP contribution is 2.35. The lowest BCUT2D eigenvalue weighted by Crippen LogP contribution is -2.45. The molecule has 1 aliphatic carbocycles. The number of aromatic amines is 2. The third-order valence-corrected chi connectivity index (χ3v) is 13.4. The number of fused-ring (bicyclic) bond motifs is 2. The standard InChI is InChI=1S/C26H27ClFN7O.C25H26ClFN8O/c27-25-24(26(32-15-31-25)30-14-21-18(28)7-4-10-29-21)35-23(36)13-17-6-3-5-16(11-17)12-22-33-19-8-1-2-9-20(19)34-22;26-24-23(25(31-14-30-24)29-13-20-17(27)7-4-10-28-20)35-22(36)12-16-6-3-5-15(32-16)11-21-33-18-8-1-2-9-19(18)34-21/h1-2,4,7-10,15-17H,3,5-6,11-14H2,(H,33,34)(H,35,36)(H,30,31,32);1-2,4,7-10,14-16,32H,3,5-6,11-13H2,(H,33,34)(H,35,36)(H,29,30,31). The Labute approximate surface area is 423 Å². The number of hydrogen-bond acceptors (Lipinski definition) is 13. The molecule has 0 spiro atoms. The maximum Gasteiger partial charge on any atom is 0.226 e. The van der Waals surface area contributed by atoms with Crippen LogP contribution in [0.4, 0.5) is 31.8 Å². The van der Waals surface area contributed by atoms with Crippen LogP contribution in [0.5, 0.6) is 0 Å². The summed E-state index contributed by atoms with van der Waals surface area (Å²) >= 11 is 12.5. The number of carbonyl (C=O) groups excluding carboxylic acids is 2. The second-order valence-electron chi connectivity index (χ2n) is 18.1. The topological polar surface area (TPSA) is 229 Å². The van der Waals surface area contributed by atoms with Crippen LogP contribution in [0.3, 0.4) is 0 Å². The monoisotopic (exact) mass is 1020 g/mol. The van der Waals surface area contributed by atoms with E-state index in [9.17, 15) is 18.4 Å². The van der Waals surface area contributed by atoms with Crippen LogP contribution in [-0.2, 0) is 35.5 Å². The van der Waals surface area contributed by atoms with E-state index >= 15 is 0 Å². The third kappa shape index (κ3) is 13.2. The number of rotatable bonds is 16. The molecule has 1 saturated carbocycles. The molecular formula is C51H53Cl2F2N15O2. The van der Waals surface area contributed by atoms with Crippen molar-refractivity contribution in [3.63, 3.8) is 0 Å². The Morgan fingerprint density at radius 3 is 1.67 bits per heavy atom. The molecule has 7 heterocycles. The lowest BCUT2D eigenvalue weighted by atomic mass is 9.78. The number of carbonyl (C=O) groups is 2. The highest BCUT2D eigenvalue weighted by Gasteiger charge is 2.27. The molecule has 1 saturated heterocycles. The van der Waals surface area contributed by atoms with Crippen LogP contribution in [-0.4, -0.2) is 73.7 Å². The van der Waals surface area contributed by atoms with Gasteiger partial charge in [0.25, 0.3) is 0 Å². The maximum atomic E-state index is 13.9. The minimum Gasteiger partial charge on any atom is -0.362 e. The van der Waals surface area contributed by atoms with E-state index < -0.39 is 11.6 Å². The molecule has 1 aliphatic heterocycles. The zero-order valence-electron chi connectivity index (χ0n) is 39.1. The Kier molecular flexibility index (Phi) is 16.4. The number of hydrogen-bond donors (Lipinski definition) is 7. The van der Waals surface area contributed by atoms with Crippen LogP contribution in [0.15, 0.2) is 97.8 Å². The molecule has 372 valence electrons. The van der Waals surface area contributed by atoms with E-state index in [0.717, 1.165) is 91.5 Å². The Hall–Kier alpha value is -7.22. The van der Waals surface area contributed by atoms with Crippen LogP contribution in [0.1, 0.15) is 80.8 Å². The number of nitrogens with zero attached hydrogens (tertiary/aromatic N) is 8. The van der Waals surface area contributed by atoms with Crippen molar-refractivity contribution in [1.82, 2.24) is 55.2 Å². The lowest BCUT2D eigenvalue weighted by molar-refractivity contribution is -0.118. The number of amides is 2. The molecule has 2 aliphatic rings. The van der Waals surface area contributed by atoms with Crippen molar-refractivity contribution in [3.05, 3.63) is 143 Å². The summed E-state index contributed by atoms with van der Waals surface area (Å²) in [6.07, 6.45) is 15.0. The summed E-state index contributed by atoms with van der Waals surface area (Å²) in [7, 11) is 0. The predicted molar refractivity (Wildman–Crippen MR) is 273 cm³/mol. The van der Waals surface area contributed by atoms with Crippen molar-refractivity contribution < 1.29 is 18.4 Å². The summed E-state index contributed by atoms with van der Waals surface area (Å²) in [4.78, 5) is 66.4. The first-order chi connectivity index (χ1) is 35.1. The molecular weight excluding hydrogens is 964 g/mol. The van der Waals surface area contributed by atoms with Crippen molar-refractivity contribution in [3.8, 4) is 0 Å². The molecule has 4 unspecified atom stereocenters. The van der Waals surface area contributed by atoms with Gasteiger partial charge in [0.2, 0.25) is 11.8 Å². The fraction of sp³-hybridized carbons (Fsp3) is 0.333. The first-order valence-corrected chi connectivity index (χ1v) is 24.8. The SMILES string of the molecule is O=C(CC1CCCC(Cc2nc3ccccc3[nH]2)C1)Nc1c(Cl)ncnc1NCc1ncccc1F.O=C(CC1CCCC(Cc2nc3ccccc3[nH]2)N1)Nc1c(Cl)ncnc1NCc1ncccc1F. The van der Waals surface area contributed by atoms with Gasteiger partial charge in [0, 0.05) is 50.2 Å². The highest BCUT2D eigenvalue weighted by atomic mass is 35.5. The number of nitrogens with one attached hydrogen (secondary N) is 7. The zero-order chi connectivity index (χ0) is 49.8. The minimum atomic E-state index is -0.434. The summed E-state index contributed by atoms with van der Waals surface area (Å²) in [5.41, 5.74) is 5.03. The Balaban J connectivity index is 0.000000178. The molecule has 2 aromatic carbocycles. The van der Waals surface area contributed by atoms with E-state index in [1.165, 1.54) is 49.3 Å². The number of anilines is 4. The average molecular weight is 1020 g/mol. The van der Waals surface area contributed by atoms with Gasteiger partial charge in [-0.2, -0.15) is 0 Å². The molecule has 10 rings (SSSR count). The normalized spacial score (nSPS) is 17.7. The van der Waals surface area contributed by atoms with Crippen molar-refractivity contribution in [2.24, 2.45) is 11.8 Å². The summed E-state index contributed by atoms with van der Waals surface area (Å²) in [6.45, 7) is 0.172. The molecule has 21 heteroatoms. The highest BCUT2D eigenvalue weighted by molar-refractivity contribution is 6.33. The fourth-order valence-electron chi connectivity index (χ4n) is 9.43. The minimum absolute atomic E-state index is 0.0237. The quantitative estimate of drug-likeness (QED) is 0.0448. The molecule has 17 nitrogen and oxygen atoms in total. The molecule has 4 atom stereocenters. The molecule has 8 aromatic rings. The summed E-state index contributed by atoms with van der Waals surface area (Å²) in [5.74, 6) is 2.09. The predicted octanol–water partition coefficient (Wildman–Crippen LogP) is 9.76. The van der Waals surface area contributed by atoms with Crippen molar-refractivity contribution >= 4 is 80.1 Å². The fourth-order valence-corrected chi connectivity index (χ4v) is 9.79. The van der Waals surface area contributed by atoms with Gasteiger partial charge in [0.1, 0.15) is 47.3 Å². The number of H-pyrrole nitrogens is 2. The van der Waals surface area contributed by atoms with Gasteiger partial charge in [0.05, 0.1) is 46.5 Å². The molecule has 72 heavy (non-hydrogen) atoms. The molecule has 6 aromatic heterocycles. The van der Waals surface area contributed by atoms with Gasteiger partial charge in [-0.1, -0.05) is 60.3 Å². The van der Waals surface area contributed by atoms with Crippen LogP contribution in [0.2, 0.25) is 10.3 Å². The average Bonchev–Trinajstić information content (AvgIpc) is 3.99. The summed E-state index contributed by atoms with van der Waals surface area (Å²) in [6, 6.07) is 22.0. The molecule has 0 bridgehead atoms. The third-order valence-electron chi connectivity index (χ3n) is 12.8. The van der Waals surface area contributed by atoms with E-state index in [0.29, 0.717) is 24.0 Å². The number of benzene rings is 2. The lowest BCUT2D eigenvalue weighted by Gasteiger charge is -2.30. The molecule has 0 radical (unpaired) electrons. The van der Waals surface area contributed by atoms with Crippen molar-refractivity contribution in [2.75, 3.05) is 21.3 Å². The Morgan fingerprint density at radius 2 is 1.10 bits per heavy atom. The number of piperidine rings is 1. The summed E-state index contributed by atoms with van der Waals surface area (Å²) in [5, 5.41) is 15.5. The van der Waals surface area contributed by atoms with E-state index in [-0.39, 0.29) is 82.4 Å². The van der Waals surface area contributed by atoms with Crippen LogP contribution in [0.25, 0.3) is 22.1 Å². The van der Waals surface area contributed by atoms with Crippen LogP contribution < -0.4 is 26.6 Å². The second kappa shape index (κ2) is 23.8. The zero-order valence-corrected chi connectivity index (χ0v) is 40.7. The summed E-state index contributed by atoms with van der Waals surface area (Å²) < 4.78 is 27.9. The van der Waals surface area contributed by atoms with Crippen LogP contribution in [0, 0.1) is 23.5 Å². The molecule has 2 amide bonds. The van der Waals surface area contributed by atoms with E-state index in [2.05, 4.69) is 71.4 Å². The number of para-hydroxylation sites is 4. The largest absolute Gasteiger partial charge is 0.362 e. The van der Waals surface area contributed by atoms with E-state index in [1.54, 1.807) is 0 Å². The smallest absolute Gasteiger partial charge is 0.226 e. The Morgan fingerprint density at radius 1 is 0.583 bits per heavy atom. The maximum absolute atomic E-state index is 13.9. The number of halogens is 4. The molecule has 7 N–H and O–H groups in total. The number of aromatic nitrogens is 10. The van der Waals surface area contributed by atoms with Gasteiger partial charge in [-0.3, -0.25) is 19.6 Å². The number of pyridine rings is 2. The van der Waals surface area contributed by atoms with Crippen molar-refractivity contribution in [2.45, 2.75) is 95.8 Å². The first kappa shape index (κ1) is 49.7. The van der Waals surface area contributed by atoms with Gasteiger partial charge in [0.15, 0.2) is 21.9 Å². The van der Waals surface area contributed by atoms with Crippen LogP contribution >= 0.6 is 23.2 Å². The molecule has 2 fully saturated rings. The van der Waals surface area contributed by atoms with Gasteiger partial charge >= 0.3 is 0 Å². The second-order valence-corrected chi connectivity index (χ2v) is 18.8. The van der Waals surface area contributed by atoms with Crippen molar-refractivity contribution in [1.29, 1.82) is 0 Å². The Bertz CT molecular complexity index is 2870. The van der Waals surface area contributed by atoms with E-state index in [4.69, 9.17) is 28.2 Å². The number of imidazole rings is 2. The van der Waals surface area contributed by atoms with Gasteiger partial charge in [-0.25, -0.2) is 38.7 Å². The van der Waals surface area contributed by atoms with Gasteiger partial charge < -0.3 is 36.6 Å².